The Hall–Kier alpha value is -2.77. The third kappa shape index (κ3) is 4.98. The fourth-order valence-corrected chi connectivity index (χ4v) is 4.66. The van der Waals surface area contributed by atoms with Crippen LogP contribution in [-0.4, -0.2) is 12.7 Å². The van der Waals surface area contributed by atoms with Gasteiger partial charge in [-0.15, -0.1) is 0 Å². The lowest BCUT2D eigenvalue weighted by Crippen LogP contribution is -2.30. The van der Waals surface area contributed by atoms with Crippen LogP contribution in [0.2, 0.25) is 0 Å². The molecule has 1 atom stereocenters. The van der Waals surface area contributed by atoms with Crippen LogP contribution in [0.25, 0.3) is 22.3 Å². The van der Waals surface area contributed by atoms with Crippen molar-refractivity contribution >= 4 is 0 Å². The highest BCUT2D eigenvalue weighted by atomic mass is 19.3. The van der Waals surface area contributed by atoms with Crippen molar-refractivity contribution in [3.8, 4) is 22.3 Å². The molecule has 2 fully saturated rings. The standard InChI is InChI=1S/C28H25F5O2/c1-16-2-9-20(10-3-16)35-28(32,33)23-13-8-19(14-24(23)29)17-4-6-18(7-5-17)21-11-12-22(25-15-34-25)27(31)26(21)30/h4-8,11-14,16,20,25H,2-3,9-10,15H2,1H3. The summed E-state index contributed by atoms with van der Waals surface area (Å²) in [5.41, 5.74) is 0.855. The van der Waals surface area contributed by atoms with E-state index in [1.807, 2.05) is 0 Å². The molecule has 5 rings (SSSR count). The predicted molar refractivity (Wildman–Crippen MR) is 122 cm³/mol. The first-order valence-electron chi connectivity index (χ1n) is 11.8. The molecule has 0 aromatic heterocycles. The van der Waals surface area contributed by atoms with Gasteiger partial charge < -0.3 is 9.47 Å². The molecule has 1 unspecified atom stereocenters. The van der Waals surface area contributed by atoms with Crippen LogP contribution in [0.15, 0.2) is 54.6 Å². The summed E-state index contributed by atoms with van der Waals surface area (Å²) >= 11 is 0. The van der Waals surface area contributed by atoms with E-state index in [1.54, 1.807) is 24.3 Å². The topological polar surface area (TPSA) is 21.8 Å². The Morgan fingerprint density at radius 1 is 0.800 bits per heavy atom. The van der Waals surface area contributed by atoms with Crippen LogP contribution < -0.4 is 0 Å². The number of alkyl halides is 2. The highest BCUT2D eigenvalue weighted by Gasteiger charge is 2.39. The summed E-state index contributed by atoms with van der Waals surface area (Å²) < 4.78 is 83.1. The van der Waals surface area contributed by atoms with Crippen LogP contribution in [0.3, 0.4) is 0 Å². The fraction of sp³-hybridized carbons (Fsp3) is 0.357. The number of benzene rings is 3. The average Bonchev–Trinajstić information content (AvgIpc) is 3.67. The molecule has 184 valence electrons. The smallest absolute Gasteiger partial charge is 0.368 e. The van der Waals surface area contributed by atoms with E-state index in [1.165, 1.54) is 18.2 Å². The Kier molecular flexibility index (Phi) is 6.40. The Balaban J connectivity index is 1.34. The zero-order valence-electron chi connectivity index (χ0n) is 19.2. The van der Waals surface area contributed by atoms with Crippen molar-refractivity contribution < 1.29 is 31.4 Å². The Labute approximate surface area is 200 Å². The van der Waals surface area contributed by atoms with Gasteiger partial charge in [-0.2, -0.15) is 8.78 Å². The fourth-order valence-electron chi connectivity index (χ4n) is 4.66. The zero-order chi connectivity index (χ0) is 24.7. The van der Waals surface area contributed by atoms with Gasteiger partial charge in [0.05, 0.1) is 18.3 Å². The van der Waals surface area contributed by atoms with Crippen LogP contribution in [0, 0.1) is 23.4 Å². The summed E-state index contributed by atoms with van der Waals surface area (Å²) in [5, 5.41) is 0. The highest BCUT2D eigenvalue weighted by Crippen LogP contribution is 2.39. The van der Waals surface area contributed by atoms with Crippen LogP contribution in [-0.2, 0) is 15.6 Å². The maximum Gasteiger partial charge on any atom is 0.386 e. The maximum atomic E-state index is 14.7. The SMILES string of the molecule is CC1CCC(OC(F)(F)c2ccc(-c3ccc(-c4ccc(C5CO5)c(F)c4F)cc3)cc2F)CC1. The number of rotatable bonds is 6. The van der Waals surface area contributed by atoms with Gasteiger partial charge in [0.1, 0.15) is 11.9 Å². The van der Waals surface area contributed by atoms with Crippen molar-refractivity contribution in [1.29, 1.82) is 0 Å². The van der Waals surface area contributed by atoms with Gasteiger partial charge in [0.25, 0.3) is 0 Å². The minimum atomic E-state index is -3.73. The molecule has 0 bridgehead atoms. The number of hydrogen-bond acceptors (Lipinski definition) is 2. The second-order valence-electron chi connectivity index (χ2n) is 9.44. The Morgan fingerprint density at radius 2 is 1.43 bits per heavy atom. The number of halogens is 5. The van der Waals surface area contributed by atoms with Crippen molar-refractivity contribution in [3.05, 3.63) is 83.2 Å². The quantitative estimate of drug-likeness (QED) is 0.258. The predicted octanol–water partition coefficient (Wildman–Crippen LogP) is 8.15. The molecule has 35 heavy (non-hydrogen) atoms. The third-order valence-electron chi connectivity index (χ3n) is 6.88. The third-order valence-corrected chi connectivity index (χ3v) is 6.88. The van der Waals surface area contributed by atoms with Crippen molar-refractivity contribution in [2.45, 2.75) is 50.9 Å². The molecule has 1 aliphatic heterocycles. The molecule has 1 saturated carbocycles. The Bertz CT molecular complexity index is 1210. The largest absolute Gasteiger partial charge is 0.386 e. The number of hydrogen-bond donors (Lipinski definition) is 0. The molecule has 0 spiro atoms. The van der Waals surface area contributed by atoms with Crippen LogP contribution >= 0.6 is 0 Å². The molecule has 3 aromatic rings. The molecule has 1 saturated heterocycles. The minimum absolute atomic E-state index is 0.0916. The van der Waals surface area contributed by atoms with Crippen molar-refractivity contribution in [2.75, 3.05) is 6.61 Å². The van der Waals surface area contributed by atoms with E-state index in [-0.39, 0.29) is 11.1 Å². The number of epoxide rings is 1. The van der Waals surface area contributed by atoms with Gasteiger partial charge in [-0.25, -0.2) is 13.2 Å². The highest BCUT2D eigenvalue weighted by molar-refractivity contribution is 5.71. The van der Waals surface area contributed by atoms with Crippen molar-refractivity contribution in [1.82, 2.24) is 0 Å². The van der Waals surface area contributed by atoms with Gasteiger partial charge in [0, 0.05) is 11.1 Å². The summed E-state index contributed by atoms with van der Waals surface area (Å²) in [5.74, 6) is -2.47. The molecular formula is C28H25F5O2. The summed E-state index contributed by atoms with van der Waals surface area (Å²) in [7, 11) is 0. The average molecular weight is 488 g/mol. The summed E-state index contributed by atoms with van der Waals surface area (Å²) in [4.78, 5) is 0. The van der Waals surface area contributed by atoms with E-state index in [0.717, 1.165) is 25.0 Å². The minimum Gasteiger partial charge on any atom is -0.368 e. The normalized spacial score (nSPS) is 22.3. The zero-order valence-corrected chi connectivity index (χ0v) is 19.2. The first kappa shape index (κ1) is 23.9. The van der Waals surface area contributed by atoms with Crippen molar-refractivity contribution in [3.63, 3.8) is 0 Å². The van der Waals surface area contributed by atoms with Crippen molar-refractivity contribution in [2.24, 2.45) is 5.92 Å². The molecule has 7 heteroatoms. The second kappa shape index (κ2) is 9.36. The first-order valence-corrected chi connectivity index (χ1v) is 11.8. The molecule has 0 N–H and O–H groups in total. The number of ether oxygens (including phenoxy) is 2. The second-order valence-corrected chi connectivity index (χ2v) is 9.44. The van der Waals surface area contributed by atoms with E-state index < -0.39 is 41.3 Å². The molecule has 0 amide bonds. The first-order chi connectivity index (χ1) is 16.7. The summed E-state index contributed by atoms with van der Waals surface area (Å²) in [6.07, 6.45) is -2.03. The molecule has 3 aromatic carbocycles. The van der Waals surface area contributed by atoms with Gasteiger partial charge in [-0.3, -0.25) is 0 Å². The van der Waals surface area contributed by atoms with E-state index in [4.69, 9.17) is 9.47 Å². The molecule has 2 aliphatic rings. The molecule has 1 aliphatic carbocycles. The van der Waals surface area contributed by atoms with Gasteiger partial charge in [0.2, 0.25) is 0 Å². The van der Waals surface area contributed by atoms with Crippen LogP contribution in [0.5, 0.6) is 0 Å². The van der Waals surface area contributed by atoms with Crippen LogP contribution in [0.1, 0.15) is 49.8 Å². The van der Waals surface area contributed by atoms with E-state index in [2.05, 4.69) is 6.92 Å². The van der Waals surface area contributed by atoms with E-state index in [0.29, 0.717) is 42.1 Å². The van der Waals surface area contributed by atoms with Gasteiger partial charge in [0.15, 0.2) is 11.6 Å². The monoisotopic (exact) mass is 488 g/mol. The molecular weight excluding hydrogens is 463 g/mol. The molecule has 0 radical (unpaired) electrons. The molecule has 2 nitrogen and oxygen atoms in total. The maximum absolute atomic E-state index is 14.7. The van der Waals surface area contributed by atoms with Crippen LogP contribution in [0.4, 0.5) is 22.0 Å². The Morgan fingerprint density at radius 3 is 2.06 bits per heavy atom. The van der Waals surface area contributed by atoms with E-state index in [9.17, 15) is 22.0 Å². The molecule has 1 heterocycles. The lowest BCUT2D eigenvalue weighted by molar-refractivity contribution is -0.279. The summed E-state index contributed by atoms with van der Waals surface area (Å²) in [6, 6.07) is 12.8. The van der Waals surface area contributed by atoms with E-state index >= 15 is 0 Å². The van der Waals surface area contributed by atoms with Gasteiger partial charge in [-0.05, 0) is 60.4 Å². The lowest BCUT2D eigenvalue weighted by atomic mass is 9.89. The van der Waals surface area contributed by atoms with Gasteiger partial charge >= 0.3 is 6.11 Å². The summed E-state index contributed by atoms with van der Waals surface area (Å²) in [6.45, 7) is 2.45. The van der Waals surface area contributed by atoms with Gasteiger partial charge in [-0.1, -0.05) is 49.4 Å². The lowest BCUT2D eigenvalue weighted by Gasteiger charge is -2.30.